The molecule has 1 rings (SSSR count). The van der Waals surface area contributed by atoms with Gasteiger partial charge in [0, 0.05) is 6.04 Å². The first kappa shape index (κ1) is 18.2. The Kier molecular flexibility index (Phi) is 7.40. The van der Waals surface area contributed by atoms with Gasteiger partial charge in [-0.05, 0) is 43.0 Å². The number of sulfone groups is 1. The third kappa shape index (κ3) is 5.79. The molecule has 0 spiro atoms. The van der Waals surface area contributed by atoms with Crippen LogP contribution in [0.15, 0.2) is 29.2 Å². The lowest BCUT2D eigenvalue weighted by Crippen LogP contribution is -2.36. The van der Waals surface area contributed by atoms with Gasteiger partial charge in [-0.15, -0.1) is 0 Å². The Morgan fingerprint density at radius 2 is 1.67 bits per heavy atom. The highest BCUT2D eigenvalue weighted by atomic mass is 32.2. The zero-order valence-corrected chi connectivity index (χ0v) is 14.5. The van der Waals surface area contributed by atoms with Crippen LogP contribution < -0.4 is 5.32 Å². The molecule has 0 heterocycles. The Balaban J connectivity index is 2.82. The Labute approximate surface area is 130 Å². The van der Waals surface area contributed by atoms with Crippen LogP contribution in [-0.4, -0.2) is 26.8 Å². The Morgan fingerprint density at radius 3 is 2.14 bits per heavy atom. The van der Waals surface area contributed by atoms with Crippen LogP contribution in [0.1, 0.15) is 58.4 Å². The largest absolute Gasteiger partial charge is 0.313 e. The molecule has 3 nitrogen and oxygen atoms in total. The standard InChI is InChI=1S/C17H29NO2S/c1-5-7-16(18-12-6-2)13-21(19,20)17-10-8-15(9-11-17)14(3)4/h8-11,14,16,18H,5-7,12-13H2,1-4H3. The number of benzene rings is 1. The molecule has 0 aliphatic heterocycles. The van der Waals surface area contributed by atoms with Gasteiger partial charge in [0.25, 0.3) is 0 Å². The molecule has 1 aromatic carbocycles. The summed E-state index contributed by atoms with van der Waals surface area (Å²) in [5.74, 6) is 0.600. The van der Waals surface area contributed by atoms with Crippen molar-refractivity contribution in [3.05, 3.63) is 29.8 Å². The van der Waals surface area contributed by atoms with Gasteiger partial charge in [0.2, 0.25) is 0 Å². The van der Waals surface area contributed by atoms with Crippen LogP contribution in [0.2, 0.25) is 0 Å². The molecule has 0 saturated heterocycles. The van der Waals surface area contributed by atoms with Gasteiger partial charge in [-0.2, -0.15) is 0 Å². The maximum absolute atomic E-state index is 12.5. The van der Waals surface area contributed by atoms with Crippen molar-refractivity contribution in [3.8, 4) is 0 Å². The van der Waals surface area contributed by atoms with Gasteiger partial charge in [0.15, 0.2) is 9.84 Å². The Bertz CT molecular complexity index is 506. The summed E-state index contributed by atoms with van der Waals surface area (Å²) in [6.45, 7) is 9.26. The van der Waals surface area contributed by atoms with Crippen molar-refractivity contribution in [2.45, 2.75) is 63.8 Å². The van der Waals surface area contributed by atoms with Gasteiger partial charge in [-0.1, -0.05) is 46.2 Å². The van der Waals surface area contributed by atoms with Crippen molar-refractivity contribution in [1.82, 2.24) is 5.32 Å². The molecule has 0 fully saturated rings. The van der Waals surface area contributed by atoms with Gasteiger partial charge in [-0.3, -0.25) is 0 Å². The summed E-state index contributed by atoms with van der Waals surface area (Å²) < 4.78 is 25.0. The molecule has 1 aromatic rings. The highest BCUT2D eigenvalue weighted by Crippen LogP contribution is 2.19. The van der Waals surface area contributed by atoms with Crippen LogP contribution in [0.3, 0.4) is 0 Å². The van der Waals surface area contributed by atoms with Crippen LogP contribution in [0.5, 0.6) is 0 Å². The summed E-state index contributed by atoms with van der Waals surface area (Å²) in [6.07, 6.45) is 2.90. The fourth-order valence-corrected chi connectivity index (χ4v) is 3.92. The van der Waals surface area contributed by atoms with Gasteiger partial charge in [0.1, 0.15) is 0 Å². The number of hydrogen-bond donors (Lipinski definition) is 1. The number of rotatable bonds is 9. The van der Waals surface area contributed by atoms with Crippen molar-refractivity contribution in [2.75, 3.05) is 12.3 Å². The molecule has 0 aliphatic rings. The van der Waals surface area contributed by atoms with E-state index in [2.05, 4.69) is 33.0 Å². The fourth-order valence-electron chi connectivity index (χ4n) is 2.36. The zero-order valence-electron chi connectivity index (χ0n) is 13.7. The first-order valence-electron chi connectivity index (χ1n) is 7.96. The van der Waals surface area contributed by atoms with Gasteiger partial charge in [0.05, 0.1) is 10.6 Å². The van der Waals surface area contributed by atoms with E-state index in [9.17, 15) is 8.42 Å². The van der Waals surface area contributed by atoms with E-state index >= 15 is 0 Å². The van der Waals surface area contributed by atoms with Crippen molar-refractivity contribution < 1.29 is 8.42 Å². The van der Waals surface area contributed by atoms with Gasteiger partial charge >= 0.3 is 0 Å². The molecule has 0 amide bonds. The molecule has 0 radical (unpaired) electrons. The summed E-state index contributed by atoms with van der Waals surface area (Å²) >= 11 is 0. The third-order valence-corrected chi connectivity index (χ3v) is 5.48. The average Bonchev–Trinajstić information content (AvgIpc) is 2.45. The van der Waals surface area contributed by atoms with Crippen LogP contribution in [0, 0.1) is 0 Å². The van der Waals surface area contributed by atoms with Crippen LogP contribution in [0.25, 0.3) is 0 Å². The lowest BCUT2D eigenvalue weighted by Gasteiger charge is -2.18. The number of hydrogen-bond acceptors (Lipinski definition) is 3. The molecule has 21 heavy (non-hydrogen) atoms. The molecule has 0 aromatic heterocycles. The van der Waals surface area contributed by atoms with Crippen LogP contribution >= 0.6 is 0 Å². The molecular formula is C17H29NO2S. The van der Waals surface area contributed by atoms with Crippen molar-refractivity contribution in [2.24, 2.45) is 0 Å². The molecule has 1 atom stereocenters. The average molecular weight is 311 g/mol. The van der Waals surface area contributed by atoms with E-state index in [1.807, 2.05) is 12.1 Å². The van der Waals surface area contributed by atoms with Crippen molar-refractivity contribution >= 4 is 9.84 Å². The van der Waals surface area contributed by atoms with Gasteiger partial charge < -0.3 is 5.32 Å². The Morgan fingerprint density at radius 1 is 1.05 bits per heavy atom. The zero-order chi connectivity index (χ0) is 15.9. The molecule has 0 saturated carbocycles. The van der Waals surface area contributed by atoms with Crippen LogP contribution in [0.4, 0.5) is 0 Å². The maximum Gasteiger partial charge on any atom is 0.179 e. The lowest BCUT2D eigenvalue weighted by atomic mass is 10.0. The molecule has 1 N–H and O–H groups in total. The smallest absolute Gasteiger partial charge is 0.179 e. The van der Waals surface area contributed by atoms with Gasteiger partial charge in [-0.25, -0.2) is 8.42 Å². The van der Waals surface area contributed by atoms with E-state index in [0.29, 0.717) is 10.8 Å². The van der Waals surface area contributed by atoms with E-state index in [4.69, 9.17) is 0 Å². The van der Waals surface area contributed by atoms with E-state index in [1.165, 1.54) is 5.56 Å². The quantitative estimate of drug-likeness (QED) is 0.755. The van der Waals surface area contributed by atoms with E-state index < -0.39 is 9.84 Å². The molecule has 120 valence electrons. The summed E-state index contributed by atoms with van der Waals surface area (Å²) in [7, 11) is -3.22. The SMILES string of the molecule is CCCNC(CCC)CS(=O)(=O)c1ccc(C(C)C)cc1. The minimum absolute atomic E-state index is 0.0460. The van der Waals surface area contributed by atoms with E-state index in [0.717, 1.165) is 25.8 Å². The second-order valence-corrected chi connectivity index (χ2v) is 7.98. The topological polar surface area (TPSA) is 46.2 Å². The molecule has 4 heteroatoms. The summed E-state index contributed by atoms with van der Waals surface area (Å²) in [5, 5.41) is 3.35. The van der Waals surface area contributed by atoms with E-state index in [-0.39, 0.29) is 11.8 Å². The second kappa shape index (κ2) is 8.54. The first-order chi connectivity index (χ1) is 9.90. The predicted octanol–water partition coefficient (Wildman–Crippen LogP) is 3.75. The second-order valence-electron chi connectivity index (χ2n) is 5.94. The maximum atomic E-state index is 12.5. The monoisotopic (exact) mass is 311 g/mol. The highest BCUT2D eigenvalue weighted by molar-refractivity contribution is 7.91. The molecule has 1 unspecified atom stereocenters. The summed E-state index contributed by atoms with van der Waals surface area (Å²) in [4.78, 5) is 0.436. The third-order valence-electron chi connectivity index (χ3n) is 3.65. The summed E-state index contributed by atoms with van der Waals surface area (Å²) in [5.41, 5.74) is 1.17. The van der Waals surface area contributed by atoms with Crippen molar-refractivity contribution in [1.29, 1.82) is 0 Å². The lowest BCUT2D eigenvalue weighted by molar-refractivity contribution is 0.500. The molecule has 0 bridgehead atoms. The van der Waals surface area contributed by atoms with Crippen molar-refractivity contribution in [3.63, 3.8) is 0 Å². The fraction of sp³-hybridized carbons (Fsp3) is 0.647. The summed E-state index contributed by atoms with van der Waals surface area (Å²) in [6, 6.07) is 7.38. The normalized spacial score (nSPS) is 13.6. The number of nitrogens with one attached hydrogen (secondary N) is 1. The van der Waals surface area contributed by atoms with E-state index in [1.54, 1.807) is 12.1 Å². The first-order valence-corrected chi connectivity index (χ1v) is 9.62. The Hall–Kier alpha value is -0.870. The highest BCUT2D eigenvalue weighted by Gasteiger charge is 2.20. The minimum Gasteiger partial charge on any atom is -0.313 e. The van der Waals surface area contributed by atoms with Crippen LogP contribution in [-0.2, 0) is 9.84 Å². The minimum atomic E-state index is -3.22. The molecular weight excluding hydrogens is 282 g/mol. The predicted molar refractivity (Wildman–Crippen MR) is 89.6 cm³/mol. The molecule has 0 aliphatic carbocycles.